The van der Waals surface area contributed by atoms with Crippen LogP contribution in [-0.4, -0.2) is 29.0 Å². The fourth-order valence-corrected chi connectivity index (χ4v) is 1.84. The van der Waals surface area contributed by atoms with Gasteiger partial charge in [-0.05, 0) is 43.5 Å². The predicted octanol–water partition coefficient (Wildman–Crippen LogP) is 3.00. The third-order valence-corrected chi connectivity index (χ3v) is 2.95. The predicted molar refractivity (Wildman–Crippen MR) is 69.4 cm³/mol. The van der Waals surface area contributed by atoms with Gasteiger partial charge in [-0.25, -0.2) is 0 Å². The number of nitrogens with zero attached hydrogens (tertiary/aromatic N) is 1. The molecule has 0 fully saturated rings. The zero-order valence-electron chi connectivity index (χ0n) is 11.0. The van der Waals surface area contributed by atoms with Crippen LogP contribution in [0.5, 0.6) is 5.75 Å². The fraction of sp³-hybridized carbons (Fsp3) is 0.500. The van der Waals surface area contributed by atoms with Crippen LogP contribution in [0.25, 0.3) is 0 Å². The van der Waals surface area contributed by atoms with Crippen molar-refractivity contribution in [2.45, 2.75) is 33.6 Å². The van der Waals surface area contributed by atoms with Gasteiger partial charge in [0.15, 0.2) is 0 Å². The van der Waals surface area contributed by atoms with Gasteiger partial charge in [0, 0.05) is 18.7 Å². The highest BCUT2D eigenvalue weighted by Gasteiger charge is 2.15. The Morgan fingerprint density at radius 2 is 1.88 bits per heavy atom. The molecule has 0 radical (unpaired) electrons. The summed E-state index contributed by atoms with van der Waals surface area (Å²) in [6, 6.07) is 5.08. The molecule has 1 aromatic carbocycles. The Balaban J connectivity index is 3.07. The number of hydrogen-bond acceptors (Lipinski definition) is 2. The molecule has 1 amide bonds. The second-order valence-electron chi connectivity index (χ2n) is 4.41. The Morgan fingerprint density at radius 3 is 2.35 bits per heavy atom. The first-order valence-corrected chi connectivity index (χ1v) is 6.13. The van der Waals surface area contributed by atoms with Crippen LogP contribution in [0.3, 0.4) is 0 Å². The van der Waals surface area contributed by atoms with Crippen molar-refractivity contribution >= 4 is 5.91 Å². The van der Waals surface area contributed by atoms with Crippen LogP contribution in [0.15, 0.2) is 18.2 Å². The summed E-state index contributed by atoms with van der Waals surface area (Å²) in [6.45, 7) is 9.33. The highest BCUT2D eigenvalue weighted by Crippen LogP contribution is 2.26. The van der Waals surface area contributed by atoms with E-state index in [2.05, 4.69) is 0 Å². The van der Waals surface area contributed by atoms with E-state index in [1.165, 1.54) is 0 Å². The van der Waals surface area contributed by atoms with Crippen molar-refractivity contribution < 1.29 is 9.90 Å². The molecule has 3 heteroatoms. The Labute approximate surface area is 103 Å². The summed E-state index contributed by atoms with van der Waals surface area (Å²) >= 11 is 0. The molecule has 0 atom stereocenters. The molecular formula is C14H21NO2. The lowest BCUT2D eigenvalue weighted by Gasteiger charge is -2.19. The summed E-state index contributed by atoms with van der Waals surface area (Å²) in [4.78, 5) is 13.9. The van der Waals surface area contributed by atoms with Crippen LogP contribution in [0.4, 0.5) is 0 Å². The lowest BCUT2D eigenvalue weighted by atomic mass is 9.99. The topological polar surface area (TPSA) is 40.5 Å². The summed E-state index contributed by atoms with van der Waals surface area (Å²) in [5, 5.41) is 9.72. The van der Waals surface area contributed by atoms with Gasteiger partial charge in [0.25, 0.3) is 5.91 Å². The molecule has 0 saturated heterocycles. The first-order valence-electron chi connectivity index (χ1n) is 6.13. The average Bonchev–Trinajstić information content (AvgIpc) is 2.30. The zero-order chi connectivity index (χ0) is 13.0. The minimum absolute atomic E-state index is 0.0249. The molecule has 94 valence electrons. The maximum atomic E-state index is 12.1. The van der Waals surface area contributed by atoms with Gasteiger partial charge in [0.1, 0.15) is 5.75 Å². The minimum atomic E-state index is 0.0249. The molecule has 3 nitrogen and oxygen atoms in total. The van der Waals surface area contributed by atoms with E-state index in [-0.39, 0.29) is 17.6 Å². The molecule has 17 heavy (non-hydrogen) atoms. The molecule has 0 saturated carbocycles. The van der Waals surface area contributed by atoms with E-state index >= 15 is 0 Å². The van der Waals surface area contributed by atoms with Crippen molar-refractivity contribution in [1.82, 2.24) is 4.90 Å². The first-order chi connectivity index (χ1) is 8.01. The maximum Gasteiger partial charge on any atom is 0.253 e. The minimum Gasteiger partial charge on any atom is -0.508 e. The highest BCUT2D eigenvalue weighted by atomic mass is 16.3. The van der Waals surface area contributed by atoms with Crippen LogP contribution in [0.1, 0.15) is 49.5 Å². The van der Waals surface area contributed by atoms with E-state index in [4.69, 9.17) is 0 Å². The standard InChI is InChI=1S/C14H21NO2/c1-5-15(6-2)14(17)11-7-8-13(16)12(9-11)10(3)4/h7-10,16H,5-6H2,1-4H3. The molecular weight excluding hydrogens is 214 g/mol. The van der Waals surface area contributed by atoms with Gasteiger partial charge in [0.2, 0.25) is 0 Å². The van der Waals surface area contributed by atoms with E-state index in [0.29, 0.717) is 18.7 Å². The van der Waals surface area contributed by atoms with Gasteiger partial charge in [-0.15, -0.1) is 0 Å². The Hall–Kier alpha value is -1.51. The summed E-state index contributed by atoms with van der Waals surface area (Å²) in [6.07, 6.45) is 0. The third kappa shape index (κ3) is 2.99. The number of phenolic OH excluding ortho intramolecular Hbond substituents is 1. The smallest absolute Gasteiger partial charge is 0.253 e. The number of phenols is 1. The largest absolute Gasteiger partial charge is 0.508 e. The normalized spacial score (nSPS) is 10.6. The summed E-state index contributed by atoms with van der Waals surface area (Å²) in [7, 11) is 0. The molecule has 0 unspecified atom stereocenters. The number of carbonyl (C=O) groups excluding carboxylic acids is 1. The van der Waals surface area contributed by atoms with E-state index < -0.39 is 0 Å². The quantitative estimate of drug-likeness (QED) is 0.871. The van der Waals surface area contributed by atoms with Gasteiger partial charge in [-0.3, -0.25) is 4.79 Å². The molecule has 0 spiro atoms. The monoisotopic (exact) mass is 235 g/mol. The van der Waals surface area contributed by atoms with Crippen molar-refractivity contribution in [3.05, 3.63) is 29.3 Å². The molecule has 1 aromatic rings. The molecule has 0 bridgehead atoms. The summed E-state index contributed by atoms with van der Waals surface area (Å²) in [5.41, 5.74) is 1.47. The molecule has 0 aliphatic heterocycles. The van der Waals surface area contributed by atoms with Gasteiger partial charge < -0.3 is 10.0 Å². The van der Waals surface area contributed by atoms with Crippen molar-refractivity contribution in [3.63, 3.8) is 0 Å². The van der Waals surface area contributed by atoms with Crippen molar-refractivity contribution in [2.75, 3.05) is 13.1 Å². The maximum absolute atomic E-state index is 12.1. The van der Waals surface area contributed by atoms with Crippen LogP contribution in [0, 0.1) is 0 Å². The van der Waals surface area contributed by atoms with Gasteiger partial charge in [-0.2, -0.15) is 0 Å². The lowest BCUT2D eigenvalue weighted by Crippen LogP contribution is -2.30. The highest BCUT2D eigenvalue weighted by molar-refractivity contribution is 5.94. The fourth-order valence-electron chi connectivity index (χ4n) is 1.84. The number of carbonyl (C=O) groups is 1. The van der Waals surface area contributed by atoms with E-state index in [1.54, 1.807) is 23.1 Å². The van der Waals surface area contributed by atoms with Crippen molar-refractivity contribution in [3.8, 4) is 5.75 Å². The molecule has 1 N–H and O–H groups in total. The lowest BCUT2D eigenvalue weighted by molar-refractivity contribution is 0.0773. The average molecular weight is 235 g/mol. The summed E-state index contributed by atoms with van der Waals surface area (Å²) in [5.74, 6) is 0.493. The third-order valence-electron chi connectivity index (χ3n) is 2.95. The number of amides is 1. The Bertz CT molecular complexity index is 395. The second-order valence-corrected chi connectivity index (χ2v) is 4.41. The Kier molecular flexibility index (Phi) is 4.55. The zero-order valence-corrected chi connectivity index (χ0v) is 11.0. The van der Waals surface area contributed by atoms with E-state index in [1.807, 2.05) is 27.7 Å². The van der Waals surface area contributed by atoms with Crippen LogP contribution < -0.4 is 0 Å². The second kappa shape index (κ2) is 5.71. The molecule has 0 heterocycles. The molecule has 0 aromatic heterocycles. The molecule has 0 aliphatic rings. The number of rotatable bonds is 4. The number of benzene rings is 1. The van der Waals surface area contributed by atoms with Crippen molar-refractivity contribution in [2.24, 2.45) is 0 Å². The SMILES string of the molecule is CCN(CC)C(=O)c1ccc(O)c(C(C)C)c1. The number of hydrogen-bond donors (Lipinski definition) is 1. The van der Waals surface area contributed by atoms with Crippen LogP contribution in [-0.2, 0) is 0 Å². The van der Waals surface area contributed by atoms with Gasteiger partial charge >= 0.3 is 0 Å². The van der Waals surface area contributed by atoms with Crippen LogP contribution in [0.2, 0.25) is 0 Å². The number of aromatic hydroxyl groups is 1. The molecule has 1 rings (SSSR count). The van der Waals surface area contributed by atoms with Crippen LogP contribution >= 0.6 is 0 Å². The van der Waals surface area contributed by atoms with Crippen molar-refractivity contribution in [1.29, 1.82) is 0 Å². The van der Waals surface area contributed by atoms with E-state index in [9.17, 15) is 9.90 Å². The van der Waals surface area contributed by atoms with Gasteiger partial charge in [-0.1, -0.05) is 13.8 Å². The Morgan fingerprint density at radius 1 is 1.29 bits per heavy atom. The first kappa shape index (κ1) is 13.6. The van der Waals surface area contributed by atoms with Gasteiger partial charge in [0.05, 0.1) is 0 Å². The molecule has 0 aliphatic carbocycles. The summed E-state index contributed by atoms with van der Waals surface area (Å²) < 4.78 is 0. The van der Waals surface area contributed by atoms with E-state index in [0.717, 1.165) is 5.56 Å².